The summed E-state index contributed by atoms with van der Waals surface area (Å²) in [4.78, 5) is 0. The van der Waals surface area contributed by atoms with Crippen molar-refractivity contribution in [2.75, 3.05) is 17.2 Å². The molecule has 3 aromatic carbocycles. The Hall–Kier alpha value is -1.58. The first kappa shape index (κ1) is 30.4. The van der Waals surface area contributed by atoms with E-state index in [0.29, 0.717) is 11.3 Å². The number of hydrogen-bond acceptors (Lipinski definition) is 5. The molecule has 3 aromatic rings. The fourth-order valence-corrected chi connectivity index (χ4v) is 3.22. The fraction of sp³-hybridized carbons (Fsp3) is 0.269. The molecule has 189 valence electrons. The van der Waals surface area contributed by atoms with E-state index in [4.69, 9.17) is 21.3 Å². The van der Waals surface area contributed by atoms with Crippen molar-refractivity contribution in [3.8, 4) is 0 Å². The number of nitrogen functional groups attached to an aromatic ring is 3. The number of halogens is 1. The number of nitrogens with zero attached hydrogens (tertiary/aromatic N) is 1. The van der Waals surface area contributed by atoms with Gasteiger partial charge in [-0.3, -0.25) is 0 Å². The third kappa shape index (κ3) is 14.6. The molecule has 3 rings (SSSR count). The maximum absolute atomic E-state index is 7.32. The molecule has 0 aliphatic carbocycles. The first-order valence-electron chi connectivity index (χ1n) is 11.3. The third-order valence-corrected chi connectivity index (χ3v) is 5.51. The van der Waals surface area contributed by atoms with Gasteiger partial charge in [0.05, 0.1) is 0 Å². The van der Waals surface area contributed by atoms with Crippen LogP contribution in [0.3, 0.4) is 0 Å². The van der Waals surface area contributed by atoms with E-state index in [1.54, 1.807) is 26.0 Å². The Bertz CT molecular complexity index is 1050. The quantitative estimate of drug-likeness (QED) is 0.0898. The molecule has 1 radical (unpaired) electrons. The van der Waals surface area contributed by atoms with Gasteiger partial charge in [0.25, 0.3) is 0 Å². The van der Waals surface area contributed by atoms with Crippen LogP contribution in [0.1, 0.15) is 43.1 Å². The summed E-state index contributed by atoms with van der Waals surface area (Å²) < 4.78 is 25.8. The zero-order valence-electron chi connectivity index (χ0n) is 23.9. The number of thiol groups is 1. The molecule has 0 heterocycles. The van der Waals surface area contributed by atoms with E-state index in [-0.39, 0.29) is 27.8 Å². The molecule has 0 saturated heterocycles. The van der Waals surface area contributed by atoms with Crippen molar-refractivity contribution in [1.29, 1.82) is 0 Å². The Morgan fingerprint density at radius 3 is 1.32 bits per heavy atom. The Morgan fingerprint density at radius 1 is 0.735 bits per heavy atom. The van der Waals surface area contributed by atoms with Gasteiger partial charge in [0.15, 0.2) is 0 Å². The largest absolute Gasteiger partial charge is 0.358 e. The maximum atomic E-state index is 7.32. The minimum atomic E-state index is -2.04. The monoisotopic (exact) mass is 637 g/mol. The SMILES string of the molecule is Cc1cc(C)cc(N)c1.Cc1cc(N)cc(C)c1Br.[2H]C([2H])([2H])c1c(C)cc(N)cc1C.[B]=NS.[CH3-].[Pd]. The molecule has 0 atom stereocenters. The van der Waals surface area contributed by atoms with Crippen LogP contribution in [-0.4, -0.2) is 7.64 Å². The molecule has 0 fully saturated rings. The molecule has 6 N–H and O–H groups in total. The molecule has 0 unspecified atom stereocenters. The predicted octanol–water partition coefficient (Wildman–Crippen LogP) is 7.36. The van der Waals surface area contributed by atoms with Crippen LogP contribution in [-0.2, 0) is 20.4 Å². The van der Waals surface area contributed by atoms with Crippen molar-refractivity contribution in [3.63, 3.8) is 0 Å². The Labute approximate surface area is 240 Å². The standard InChI is InChI=1S/C9H13N.C8H10BrN.C8H11N.CH3.BHNS.Pd/c1-6-4-9(10)5-7(2)8(6)3;1-5-3-7(10)4-6(2)8(5)9;1-6-3-7(2)5-8(9)4-6;;1-2-3;/h4-5H,10H2,1-3H3;3-4H,10H2,1-2H3;3-5H,9H2,1-2H3;1H3;3H;/q;;;-1;;/i3D3;;;;;. The summed E-state index contributed by atoms with van der Waals surface area (Å²) in [6.45, 7) is 9.66. The first-order chi connectivity index (χ1) is 16.0. The third-order valence-electron chi connectivity index (χ3n) is 4.26. The summed E-state index contributed by atoms with van der Waals surface area (Å²) in [5.74, 6) is 0. The molecule has 34 heavy (non-hydrogen) atoms. The molecular weight excluding hydrogens is 598 g/mol. The van der Waals surface area contributed by atoms with Gasteiger partial charge in [-0.2, -0.15) is 0 Å². The van der Waals surface area contributed by atoms with Gasteiger partial charge in [-0.05, 0) is 124 Å². The van der Waals surface area contributed by atoms with Crippen molar-refractivity contribution < 1.29 is 24.5 Å². The van der Waals surface area contributed by atoms with Gasteiger partial charge in [-0.25, -0.2) is 0 Å². The first-order valence-corrected chi connectivity index (χ1v) is 11.0. The Balaban J connectivity index is -0.000000439. The van der Waals surface area contributed by atoms with Crippen molar-refractivity contribution in [1.82, 2.24) is 0 Å². The second-order valence-corrected chi connectivity index (χ2v) is 8.56. The average Bonchev–Trinajstić information content (AvgIpc) is 2.64. The maximum Gasteiger partial charge on any atom is 0 e. The normalized spacial score (nSPS) is 10.4. The smallest absolute Gasteiger partial charge is 0 e. The molecule has 0 amide bonds. The van der Waals surface area contributed by atoms with E-state index in [2.05, 4.69) is 46.8 Å². The van der Waals surface area contributed by atoms with Gasteiger partial charge in [0, 0.05) is 46.1 Å². The molecule has 0 saturated carbocycles. The summed E-state index contributed by atoms with van der Waals surface area (Å²) in [6, 6.07) is 13.3. The number of hydrogen-bond donors (Lipinski definition) is 4. The van der Waals surface area contributed by atoms with Crippen molar-refractivity contribution >= 4 is 53.4 Å². The number of nitrogens with two attached hydrogens (primary N) is 3. The van der Waals surface area contributed by atoms with Crippen LogP contribution in [0.25, 0.3) is 0 Å². The molecule has 0 spiro atoms. The molecular formula is C26H38BBrN4PdS-. The molecule has 0 aliphatic heterocycles. The summed E-state index contributed by atoms with van der Waals surface area (Å²) in [5.41, 5.74) is 25.8. The molecule has 0 aliphatic rings. The van der Waals surface area contributed by atoms with Crippen LogP contribution < -0.4 is 17.2 Å². The second-order valence-electron chi connectivity index (χ2n) is 7.53. The van der Waals surface area contributed by atoms with E-state index >= 15 is 0 Å². The van der Waals surface area contributed by atoms with Crippen LogP contribution in [0, 0.1) is 55.8 Å². The molecule has 0 bridgehead atoms. The van der Waals surface area contributed by atoms with Crippen LogP contribution in [0.2, 0.25) is 0 Å². The average molecular weight is 639 g/mol. The molecule has 0 aromatic heterocycles. The van der Waals surface area contributed by atoms with Crippen LogP contribution >= 0.6 is 28.7 Å². The van der Waals surface area contributed by atoms with Crippen molar-refractivity contribution in [2.24, 2.45) is 4.30 Å². The van der Waals surface area contributed by atoms with E-state index in [1.165, 1.54) is 22.3 Å². The van der Waals surface area contributed by atoms with Crippen LogP contribution in [0.15, 0.2) is 51.2 Å². The number of anilines is 3. The minimum absolute atomic E-state index is 0. The van der Waals surface area contributed by atoms with Crippen LogP contribution in [0.4, 0.5) is 17.1 Å². The van der Waals surface area contributed by atoms with E-state index in [1.807, 2.05) is 52.0 Å². The van der Waals surface area contributed by atoms with Gasteiger partial charge in [0.1, 0.15) is 0 Å². The summed E-state index contributed by atoms with van der Waals surface area (Å²) in [7, 11) is 4.34. The molecule has 4 nitrogen and oxygen atoms in total. The topological polar surface area (TPSA) is 90.4 Å². The fourth-order valence-electron chi connectivity index (χ4n) is 2.99. The number of benzene rings is 3. The zero-order chi connectivity index (χ0) is 27.5. The summed E-state index contributed by atoms with van der Waals surface area (Å²) in [5, 5.41) is 0. The summed E-state index contributed by atoms with van der Waals surface area (Å²) in [6.07, 6.45) is 0. The Morgan fingerprint density at radius 2 is 1.03 bits per heavy atom. The van der Waals surface area contributed by atoms with Gasteiger partial charge in [-0.15, -0.1) is 0 Å². The minimum Gasteiger partial charge on any atom is -0.358 e. The van der Waals surface area contributed by atoms with E-state index in [9.17, 15) is 0 Å². The van der Waals surface area contributed by atoms with Crippen molar-refractivity contribution in [3.05, 3.63) is 93.3 Å². The second kappa shape index (κ2) is 18.7. The summed E-state index contributed by atoms with van der Waals surface area (Å²) >= 11 is 6.65. The molecule has 8 heteroatoms. The Kier molecular flexibility index (Phi) is 16.8. The van der Waals surface area contributed by atoms with Crippen LogP contribution in [0.5, 0.6) is 0 Å². The van der Waals surface area contributed by atoms with Gasteiger partial charge >= 0.3 is 24.8 Å². The predicted molar refractivity (Wildman–Crippen MR) is 157 cm³/mol. The van der Waals surface area contributed by atoms with E-state index in [0.717, 1.165) is 27.0 Å². The zero-order valence-corrected chi connectivity index (χ0v) is 25.0. The van der Waals surface area contributed by atoms with E-state index < -0.39 is 6.85 Å². The number of aryl methyl sites for hydroxylation is 6. The number of rotatable bonds is 0. The van der Waals surface area contributed by atoms with Gasteiger partial charge < -0.3 is 24.6 Å². The van der Waals surface area contributed by atoms with Gasteiger partial charge in [-0.1, -0.05) is 22.0 Å². The van der Waals surface area contributed by atoms with Crippen molar-refractivity contribution in [2.45, 2.75) is 48.4 Å². The van der Waals surface area contributed by atoms with Gasteiger partial charge in [0.2, 0.25) is 0 Å².